The molecule has 0 bridgehead atoms. The average Bonchev–Trinajstić information content (AvgIpc) is 3.19. The van der Waals surface area contributed by atoms with Gasteiger partial charge in [-0.2, -0.15) is 5.10 Å². The van der Waals surface area contributed by atoms with Crippen molar-refractivity contribution in [1.82, 2.24) is 20.2 Å². The summed E-state index contributed by atoms with van der Waals surface area (Å²) in [5, 5.41) is 7.95. The topological polar surface area (TPSA) is 74.4 Å². The molecular formula is C20H17FN4O. The Kier molecular flexibility index (Phi) is 3.88. The molecule has 26 heavy (non-hydrogen) atoms. The first kappa shape index (κ1) is 16.2. The smallest absolute Gasteiger partial charge is 0.183 e. The van der Waals surface area contributed by atoms with Crippen molar-refractivity contribution in [1.29, 1.82) is 0 Å². The van der Waals surface area contributed by atoms with Gasteiger partial charge in [0.15, 0.2) is 11.4 Å². The second-order valence-electron chi connectivity index (χ2n) is 6.39. The number of rotatable bonds is 4. The van der Waals surface area contributed by atoms with Gasteiger partial charge in [-0.1, -0.05) is 0 Å². The van der Waals surface area contributed by atoms with Gasteiger partial charge in [-0.05, 0) is 60.9 Å². The van der Waals surface area contributed by atoms with Gasteiger partial charge in [-0.15, -0.1) is 0 Å². The van der Waals surface area contributed by atoms with Gasteiger partial charge < -0.3 is 4.98 Å². The fourth-order valence-electron chi connectivity index (χ4n) is 3.03. The van der Waals surface area contributed by atoms with Crippen LogP contribution in [0.4, 0.5) is 4.39 Å². The Labute approximate surface area is 149 Å². The summed E-state index contributed by atoms with van der Waals surface area (Å²) in [6.07, 6.45) is 3.76. The Balaban J connectivity index is 1.69. The maximum atomic E-state index is 13.2. The Morgan fingerprint density at radius 2 is 1.96 bits per heavy atom. The summed E-state index contributed by atoms with van der Waals surface area (Å²) in [5.41, 5.74) is 5.61. The van der Waals surface area contributed by atoms with Gasteiger partial charge in [0.25, 0.3) is 0 Å². The van der Waals surface area contributed by atoms with Gasteiger partial charge in [0.05, 0.1) is 11.4 Å². The average molecular weight is 348 g/mol. The lowest BCUT2D eigenvalue weighted by molar-refractivity contribution is 0.0988. The van der Waals surface area contributed by atoms with E-state index in [4.69, 9.17) is 0 Å². The zero-order valence-electron chi connectivity index (χ0n) is 14.4. The van der Waals surface area contributed by atoms with E-state index in [0.29, 0.717) is 11.3 Å². The molecule has 1 aromatic carbocycles. The van der Waals surface area contributed by atoms with Gasteiger partial charge in [0.1, 0.15) is 5.82 Å². The number of nitrogens with one attached hydrogen (secondary N) is 2. The lowest BCUT2D eigenvalue weighted by atomic mass is 10.0. The summed E-state index contributed by atoms with van der Waals surface area (Å²) < 4.78 is 13.2. The molecule has 0 fully saturated rings. The molecule has 3 aromatic heterocycles. The van der Waals surface area contributed by atoms with Crippen LogP contribution in [0, 0.1) is 19.7 Å². The Hall–Kier alpha value is -3.28. The number of fused-ring (bicyclic) bond motifs is 1. The van der Waals surface area contributed by atoms with Crippen LogP contribution in [-0.4, -0.2) is 25.9 Å². The number of halogens is 1. The minimum Gasteiger partial charge on any atom is -0.358 e. The predicted molar refractivity (Wildman–Crippen MR) is 97.6 cm³/mol. The number of carbonyl (C=O) groups is 1. The number of pyridine rings is 1. The van der Waals surface area contributed by atoms with E-state index in [1.54, 1.807) is 18.3 Å². The first-order valence-electron chi connectivity index (χ1n) is 8.29. The molecule has 0 saturated heterocycles. The van der Waals surface area contributed by atoms with Crippen molar-refractivity contribution in [3.05, 3.63) is 70.9 Å². The van der Waals surface area contributed by atoms with Crippen molar-refractivity contribution in [2.75, 3.05) is 0 Å². The van der Waals surface area contributed by atoms with E-state index >= 15 is 0 Å². The molecule has 4 rings (SSSR count). The Morgan fingerprint density at radius 1 is 1.19 bits per heavy atom. The summed E-state index contributed by atoms with van der Waals surface area (Å²) in [6, 6.07) is 8.09. The summed E-state index contributed by atoms with van der Waals surface area (Å²) in [7, 11) is 0. The summed E-state index contributed by atoms with van der Waals surface area (Å²) in [6.45, 7) is 3.90. The largest absolute Gasteiger partial charge is 0.358 e. The molecule has 5 nitrogen and oxygen atoms in total. The summed E-state index contributed by atoms with van der Waals surface area (Å²) in [4.78, 5) is 20.0. The van der Waals surface area contributed by atoms with Crippen LogP contribution >= 0.6 is 0 Å². The van der Waals surface area contributed by atoms with Crippen LogP contribution in [0.25, 0.3) is 22.3 Å². The molecule has 0 amide bonds. The first-order chi connectivity index (χ1) is 12.5. The highest BCUT2D eigenvalue weighted by Gasteiger charge is 2.15. The number of nitrogens with zero attached hydrogens (tertiary/aromatic N) is 2. The molecule has 6 heteroatoms. The lowest BCUT2D eigenvalue weighted by Crippen LogP contribution is -2.06. The van der Waals surface area contributed by atoms with Crippen LogP contribution in [0.15, 0.2) is 42.7 Å². The normalized spacial score (nSPS) is 11.2. The van der Waals surface area contributed by atoms with E-state index in [0.717, 1.165) is 33.3 Å². The molecule has 130 valence electrons. The van der Waals surface area contributed by atoms with E-state index in [9.17, 15) is 9.18 Å². The summed E-state index contributed by atoms with van der Waals surface area (Å²) in [5.74, 6) is -0.276. The van der Waals surface area contributed by atoms with Gasteiger partial charge in [-0.25, -0.2) is 9.37 Å². The highest BCUT2D eigenvalue weighted by molar-refractivity contribution is 5.98. The van der Waals surface area contributed by atoms with Crippen LogP contribution in [0.5, 0.6) is 0 Å². The highest BCUT2D eigenvalue weighted by Crippen LogP contribution is 2.26. The number of benzene rings is 1. The Bertz CT molecular complexity index is 1110. The van der Waals surface area contributed by atoms with Crippen LogP contribution in [-0.2, 0) is 6.42 Å². The van der Waals surface area contributed by atoms with E-state index in [1.165, 1.54) is 12.1 Å². The number of aryl methyl sites for hydroxylation is 1. The maximum Gasteiger partial charge on any atom is 0.183 e. The molecule has 0 aliphatic carbocycles. The lowest BCUT2D eigenvalue weighted by Gasteiger charge is -2.03. The van der Waals surface area contributed by atoms with Gasteiger partial charge in [-0.3, -0.25) is 9.89 Å². The molecule has 4 aromatic rings. The third-order valence-electron chi connectivity index (χ3n) is 4.64. The summed E-state index contributed by atoms with van der Waals surface area (Å²) >= 11 is 0. The second-order valence-corrected chi connectivity index (χ2v) is 6.39. The number of hydrogen-bond acceptors (Lipinski definition) is 3. The second kappa shape index (κ2) is 6.22. The predicted octanol–water partition coefficient (Wildman–Crippen LogP) is 4.13. The molecule has 0 saturated carbocycles. The van der Waals surface area contributed by atoms with E-state index in [1.807, 2.05) is 26.1 Å². The zero-order valence-corrected chi connectivity index (χ0v) is 14.4. The molecule has 0 spiro atoms. The molecule has 0 atom stereocenters. The molecular weight excluding hydrogens is 331 g/mol. The van der Waals surface area contributed by atoms with Crippen LogP contribution in [0.1, 0.15) is 27.2 Å². The fourth-order valence-corrected chi connectivity index (χ4v) is 3.03. The minimum absolute atomic E-state index is 0.0172. The van der Waals surface area contributed by atoms with Gasteiger partial charge in [0.2, 0.25) is 0 Å². The maximum absolute atomic E-state index is 13.2. The van der Waals surface area contributed by atoms with Gasteiger partial charge >= 0.3 is 0 Å². The van der Waals surface area contributed by atoms with Crippen LogP contribution in [0.3, 0.4) is 0 Å². The minimum atomic E-state index is -0.293. The quantitative estimate of drug-likeness (QED) is 0.545. The molecule has 3 heterocycles. The third-order valence-corrected chi connectivity index (χ3v) is 4.64. The number of aromatic amines is 2. The number of carbonyl (C=O) groups excluding carboxylic acids is 1. The van der Waals surface area contributed by atoms with Crippen molar-refractivity contribution in [2.45, 2.75) is 20.3 Å². The SMILES string of the molecule is Cc1c[nH]c(C(=O)Cc2cnc3n[nH]c(-c4ccc(F)cc4)c3c2)c1C. The van der Waals surface area contributed by atoms with Crippen molar-refractivity contribution >= 4 is 16.8 Å². The number of ketones is 1. The van der Waals surface area contributed by atoms with Crippen LogP contribution < -0.4 is 0 Å². The fraction of sp³-hybridized carbons (Fsp3) is 0.150. The molecule has 0 unspecified atom stereocenters. The first-order valence-corrected chi connectivity index (χ1v) is 8.29. The molecule has 2 N–H and O–H groups in total. The van der Waals surface area contributed by atoms with Crippen LogP contribution in [0.2, 0.25) is 0 Å². The standard InChI is InChI=1S/C20H17FN4O/c1-11-9-22-18(12(11)2)17(26)8-13-7-16-19(24-25-20(16)23-10-13)14-3-5-15(21)6-4-14/h3-7,9-10,22H,8H2,1-2H3,(H,23,24,25). The number of hydrogen-bond donors (Lipinski definition) is 2. The molecule has 0 aliphatic heterocycles. The number of aromatic nitrogens is 4. The van der Waals surface area contributed by atoms with E-state index in [2.05, 4.69) is 20.2 Å². The van der Waals surface area contributed by atoms with Crippen molar-refractivity contribution < 1.29 is 9.18 Å². The van der Waals surface area contributed by atoms with Crippen molar-refractivity contribution in [3.63, 3.8) is 0 Å². The number of Topliss-reactive ketones (excluding diaryl/α,β-unsaturated/α-hetero) is 1. The number of H-pyrrole nitrogens is 2. The monoisotopic (exact) mass is 348 g/mol. The van der Waals surface area contributed by atoms with E-state index < -0.39 is 0 Å². The molecule has 0 aliphatic rings. The van der Waals surface area contributed by atoms with Gasteiger partial charge in [0, 0.05) is 29.8 Å². The van der Waals surface area contributed by atoms with Crippen molar-refractivity contribution in [2.24, 2.45) is 0 Å². The third kappa shape index (κ3) is 2.79. The molecule has 0 radical (unpaired) electrons. The zero-order chi connectivity index (χ0) is 18.3. The van der Waals surface area contributed by atoms with Crippen molar-refractivity contribution in [3.8, 4) is 11.3 Å². The van der Waals surface area contributed by atoms with E-state index in [-0.39, 0.29) is 18.0 Å². The Morgan fingerprint density at radius 3 is 2.65 bits per heavy atom. The highest BCUT2D eigenvalue weighted by atomic mass is 19.1.